The van der Waals surface area contributed by atoms with Crippen molar-refractivity contribution in [2.24, 2.45) is 0 Å². The molecule has 1 N–H and O–H groups in total. The van der Waals surface area contributed by atoms with E-state index in [0.29, 0.717) is 12.2 Å². The maximum absolute atomic E-state index is 11.9. The highest BCUT2D eigenvalue weighted by atomic mass is 16.2. The molecule has 2 heterocycles. The molecule has 2 aromatic rings. The Bertz CT molecular complexity index is 565. The van der Waals surface area contributed by atoms with E-state index >= 15 is 0 Å². The third kappa shape index (κ3) is 2.46. The van der Waals surface area contributed by atoms with E-state index in [4.69, 9.17) is 5.26 Å². The van der Waals surface area contributed by atoms with E-state index in [1.807, 2.05) is 6.92 Å². The number of aromatic nitrogens is 3. The van der Waals surface area contributed by atoms with E-state index in [0.717, 1.165) is 6.42 Å². The van der Waals surface area contributed by atoms with Gasteiger partial charge in [0.1, 0.15) is 11.7 Å². The quantitative estimate of drug-likeness (QED) is 0.873. The zero-order chi connectivity index (χ0) is 13.0. The van der Waals surface area contributed by atoms with Crippen LogP contribution in [0.2, 0.25) is 0 Å². The van der Waals surface area contributed by atoms with Gasteiger partial charge in [-0.1, -0.05) is 13.3 Å². The number of carbonyl (C=O) groups excluding carboxylic acids is 1. The van der Waals surface area contributed by atoms with Gasteiger partial charge in [0.15, 0.2) is 0 Å². The first kappa shape index (κ1) is 12.0. The van der Waals surface area contributed by atoms with E-state index in [1.54, 1.807) is 29.1 Å². The summed E-state index contributed by atoms with van der Waals surface area (Å²) in [5.74, 6) is 0.118. The summed E-state index contributed by atoms with van der Waals surface area (Å²) in [6.07, 6.45) is 6.44. The van der Waals surface area contributed by atoms with E-state index in [2.05, 4.69) is 21.4 Å². The van der Waals surface area contributed by atoms with E-state index in [1.165, 1.54) is 0 Å². The summed E-state index contributed by atoms with van der Waals surface area (Å²) in [7, 11) is 0. The molecule has 0 aliphatic heterocycles. The Morgan fingerprint density at radius 1 is 1.67 bits per heavy atom. The number of nitrogens with zero attached hydrogens (tertiary/aromatic N) is 4. The molecule has 1 amide bonds. The Morgan fingerprint density at radius 2 is 2.50 bits per heavy atom. The standard InChI is InChI=1S/C12H13N5O/c1-2-4-9(7-13)15-11(18)10-8-17-6-3-5-14-12(17)16-10/h3,5-6,8-9H,2,4H2,1H3,(H,15,18). The molecule has 0 aliphatic rings. The topological polar surface area (TPSA) is 83.1 Å². The van der Waals surface area contributed by atoms with Gasteiger partial charge in [-0.15, -0.1) is 0 Å². The highest BCUT2D eigenvalue weighted by Gasteiger charge is 2.15. The van der Waals surface area contributed by atoms with Crippen LogP contribution in [0.15, 0.2) is 24.7 Å². The van der Waals surface area contributed by atoms with Gasteiger partial charge in [-0.25, -0.2) is 9.97 Å². The molecule has 0 saturated heterocycles. The Hall–Kier alpha value is -2.42. The number of amides is 1. The molecular weight excluding hydrogens is 230 g/mol. The first-order valence-electron chi connectivity index (χ1n) is 5.74. The van der Waals surface area contributed by atoms with Gasteiger partial charge < -0.3 is 5.32 Å². The summed E-state index contributed by atoms with van der Waals surface area (Å²) >= 11 is 0. The Morgan fingerprint density at radius 3 is 3.17 bits per heavy atom. The molecule has 92 valence electrons. The molecule has 6 heteroatoms. The summed E-state index contributed by atoms with van der Waals surface area (Å²) in [5.41, 5.74) is 0.269. The molecular formula is C12H13N5O. The Labute approximate surface area is 104 Å². The number of rotatable bonds is 4. The fourth-order valence-corrected chi connectivity index (χ4v) is 1.63. The molecule has 0 spiro atoms. The second-order valence-corrected chi connectivity index (χ2v) is 3.90. The molecule has 18 heavy (non-hydrogen) atoms. The summed E-state index contributed by atoms with van der Waals surface area (Å²) in [6, 6.07) is 3.34. The molecule has 0 aromatic carbocycles. The van der Waals surface area contributed by atoms with Crippen LogP contribution in [0.1, 0.15) is 30.3 Å². The predicted molar refractivity (Wildman–Crippen MR) is 64.8 cm³/mol. The second kappa shape index (κ2) is 5.27. The second-order valence-electron chi connectivity index (χ2n) is 3.90. The van der Waals surface area contributed by atoms with Crippen LogP contribution in [-0.2, 0) is 0 Å². The molecule has 0 aliphatic carbocycles. The highest BCUT2D eigenvalue weighted by Crippen LogP contribution is 2.03. The number of carbonyl (C=O) groups is 1. The van der Waals surface area contributed by atoms with Gasteiger partial charge >= 0.3 is 0 Å². The van der Waals surface area contributed by atoms with Gasteiger partial charge in [0.2, 0.25) is 5.78 Å². The van der Waals surface area contributed by atoms with Crippen LogP contribution in [0, 0.1) is 11.3 Å². The molecule has 1 unspecified atom stereocenters. The lowest BCUT2D eigenvalue weighted by atomic mass is 10.2. The maximum atomic E-state index is 11.9. The predicted octanol–water partition coefficient (Wildman–Crippen LogP) is 1.15. The minimum atomic E-state index is -0.472. The molecule has 2 rings (SSSR count). The first-order valence-corrected chi connectivity index (χ1v) is 5.74. The maximum Gasteiger partial charge on any atom is 0.272 e. The lowest BCUT2D eigenvalue weighted by Gasteiger charge is -2.08. The average molecular weight is 243 g/mol. The van der Waals surface area contributed by atoms with E-state index in [-0.39, 0.29) is 11.6 Å². The van der Waals surface area contributed by atoms with Crippen molar-refractivity contribution >= 4 is 11.7 Å². The molecule has 2 aromatic heterocycles. The van der Waals surface area contributed by atoms with Gasteiger partial charge in [-0.05, 0) is 12.5 Å². The normalized spacial score (nSPS) is 12.0. The van der Waals surface area contributed by atoms with Crippen LogP contribution in [-0.4, -0.2) is 26.3 Å². The van der Waals surface area contributed by atoms with Gasteiger partial charge in [-0.2, -0.15) is 5.26 Å². The lowest BCUT2D eigenvalue weighted by Crippen LogP contribution is -2.33. The van der Waals surface area contributed by atoms with Gasteiger partial charge in [-0.3, -0.25) is 9.20 Å². The van der Waals surface area contributed by atoms with Crippen molar-refractivity contribution in [2.75, 3.05) is 0 Å². The lowest BCUT2D eigenvalue weighted by molar-refractivity contribution is 0.0939. The van der Waals surface area contributed by atoms with E-state index in [9.17, 15) is 4.79 Å². The first-order chi connectivity index (χ1) is 8.74. The van der Waals surface area contributed by atoms with Crippen LogP contribution in [0.4, 0.5) is 0 Å². The Balaban J connectivity index is 2.16. The highest BCUT2D eigenvalue weighted by molar-refractivity contribution is 5.93. The van der Waals surface area contributed by atoms with Gasteiger partial charge in [0, 0.05) is 18.6 Å². The number of hydrogen-bond acceptors (Lipinski definition) is 4. The summed E-state index contributed by atoms with van der Waals surface area (Å²) < 4.78 is 1.66. The third-order valence-corrected chi connectivity index (χ3v) is 2.51. The number of nitriles is 1. The fraction of sp³-hybridized carbons (Fsp3) is 0.333. The largest absolute Gasteiger partial charge is 0.335 e. The van der Waals surface area contributed by atoms with E-state index < -0.39 is 6.04 Å². The van der Waals surface area contributed by atoms with Gasteiger partial charge in [0.25, 0.3) is 5.91 Å². The fourth-order valence-electron chi connectivity index (χ4n) is 1.63. The SMILES string of the molecule is CCCC(C#N)NC(=O)c1cn2cccnc2n1. The zero-order valence-electron chi connectivity index (χ0n) is 10.00. The van der Waals surface area contributed by atoms with Crippen molar-refractivity contribution in [3.05, 3.63) is 30.4 Å². The monoisotopic (exact) mass is 243 g/mol. The summed E-state index contributed by atoms with van der Waals surface area (Å²) in [5, 5.41) is 11.5. The van der Waals surface area contributed by atoms with Crippen LogP contribution >= 0.6 is 0 Å². The van der Waals surface area contributed by atoms with Crippen molar-refractivity contribution in [3.8, 4) is 6.07 Å². The Kier molecular flexibility index (Phi) is 3.53. The molecule has 6 nitrogen and oxygen atoms in total. The minimum Gasteiger partial charge on any atom is -0.335 e. The molecule has 1 atom stereocenters. The minimum absolute atomic E-state index is 0.269. The van der Waals surface area contributed by atoms with Crippen LogP contribution in [0.5, 0.6) is 0 Å². The number of imidazole rings is 1. The summed E-state index contributed by atoms with van der Waals surface area (Å²) in [4.78, 5) is 20.0. The number of nitrogens with one attached hydrogen (secondary N) is 1. The van der Waals surface area contributed by atoms with Crippen LogP contribution in [0.25, 0.3) is 5.78 Å². The van der Waals surface area contributed by atoms with Crippen LogP contribution < -0.4 is 5.32 Å². The smallest absolute Gasteiger partial charge is 0.272 e. The number of fused-ring (bicyclic) bond motifs is 1. The van der Waals surface area contributed by atoms with Crippen molar-refractivity contribution in [3.63, 3.8) is 0 Å². The van der Waals surface area contributed by atoms with Gasteiger partial charge in [0.05, 0.1) is 6.07 Å². The number of hydrogen-bond donors (Lipinski definition) is 1. The van der Waals surface area contributed by atoms with Crippen LogP contribution in [0.3, 0.4) is 0 Å². The van der Waals surface area contributed by atoms with Crippen molar-refractivity contribution in [1.29, 1.82) is 5.26 Å². The van der Waals surface area contributed by atoms with Crippen molar-refractivity contribution in [1.82, 2.24) is 19.7 Å². The zero-order valence-corrected chi connectivity index (χ0v) is 10.00. The molecule has 0 saturated carbocycles. The molecule has 0 fully saturated rings. The van der Waals surface area contributed by atoms with Crippen molar-refractivity contribution < 1.29 is 4.79 Å². The summed E-state index contributed by atoms with van der Waals surface area (Å²) in [6.45, 7) is 1.96. The molecule has 0 bridgehead atoms. The van der Waals surface area contributed by atoms with Crippen molar-refractivity contribution in [2.45, 2.75) is 25.8 Å². The average Bonchev–Trinajstić information content (AvgIpc) is 2.82. The molecule has 0 radical (unpaired) electrons. The third-order valence-electron chi connectivity index (χ3n) is 2.51.